The van der Waals surface area contributed by atoms with Crippen LogP contribution in [-0.4, -0.2) is 9.97 Å². The predicted octanol–water partition coefficient (Wildman–Crippen LogP) is 6.64. The Morgan fingerprint density at radius 3 is 1.96 bits per heavy atom. The van der Waals surface area contributed by atoms with E-state index in [9.17, 15) is 0 Å². The Morgan fingerprint density at radius 1 is 0.643 bits per heavy atom. The maximum atomic E-state index is 3.60. The van der Waals surface area contributed by atoms with Crippen molar-refractivity contribution < 1.29 is 0 Å². The van der Waals surface area contributed by atoms with E-state index < -0.39 is 0 Å². The predicted molar refractivity (Wildman–Crippen MR) is 118 cm³/mol. The van der Waals surface area contributed by atoms with Crippen molar-refractivity contribution in [3.63, 3.8) is 0 Å². The number of aromatic amines is 2. The average Bonchev–Trinajstić information content (AvgIpc) is 3.22. The van der Waals surface area contributed by atoms with Crippen LogP contribution in [0.2, 0.25) is 0 Å². The molecular formula is C26H24N2. The third-order valence-corrected chi connectivity index (χ3v) is 5.93. The van der Waals surface area contributed by atoms with Crippen LogP contribution in [-0.2, 0) is 6.42 Å². The van der Waals surface area contributed by atoms with Gasteiger partial charge in [0.2, 0.25) is 0 Å². The van der Waals surface area contributed by atoms with Crippen LogP contribution in [0.4, 0.5) is 0 Å². The summed E-state index contributed by atoms with van der Waals surface area (Å²) in [5.74, 6) is 0.301. The van der Waals surface area contributed by atoms with Crippen LogP contribution in [0.5, 0.6) is 0 Å². The number of hydrogen-bond acceptors (Lipinski definition) is 0. The van der Waals surface area contributed by atoms with Crippen molar-refractivity contribution in [2.75, 3.05) is 0 Å². The molecule has 0 fully saturated rings. The highest BCUT2D eigenvalue weighted by Gasteiger charge is 2.23. The second-order valence-corrected chi connectivity index (χ2v) is 7.65. The van der Waals surface area contributed by atoms with Crippen LogP contribution in [0.1, 0.15) is 34.0 Å². The van der Waals surface area contributed by atoms with E-state index in [2.05, 4.69) is 103 Å². The lowest BCUT2D eigenvalue weighted by atomic mass is 9.84. The van der Waals surface area contributed by atoms with Crippen molar-refractivity contribution in [1.82, 2.24) is 9.97 Å². The fourth-order valence-corrected chi connectivity index (χ4v) is 4.62. The Bertz CT molecular complexity index is 1260. The van der Waals surface area contributed by atoms with Gasteiger partial charge in [0.1, 0.15) is 0 Å². The van der Waals surface area contributed by atoms with Gasteiger partial charge in [0.25, 0.3) is 0 Å². The molecule has 2 aromatic heterocycles. The van der Waals surface area contributed by atoms with Crippen molar-refractivity contribution >= 4 is 21.8 Å². The van der Waals surface area contributed by atoms with Gasteiger partial charge in [0, 0.05) is 39.1 Å². The number of nitrogens with one attached hydrogen (secondary N) is 2. The molecule has 0 saturated carbocycles. The second-order valence-electron chi connectivity index (χ2n) is 7.65. The Labute approximate surface area is 165 Å². The van der Waals surface area contributed by atoms with E-state index in [1.54, 1.807) is 0 Å². The molecule has 1 unspecified atom stereocenters. The molecule has 0 bridgehead atoms. The summed E-state index contributed by atoms with van der Waals surface area (Å²) in [6, 6.07) is 28.2. The lowest BCUT2D eigenvalue weighted by Crippen LogP contribution is -2.07. The Kier molecular flexibility index (Phi) is 4.05. The highest BCUT2D eigenvalue weighted by Crippen LogP contribution is 2.38. The van der Waals surface area contributed by atoms with Gasteiger partial charge < -0.3 is 9.97 Å². The zero-order valence-corrected chi connectivity index (χ0v) is 16.3. The highest BCUT2D eigenvalue weighted by atomic mass is 14.7. The summed E-state index contributed by atoms with van der Waals surface area (Å²) in [5.41, 5.74) is 9.14. The van der Waals surface area contributed by atoms with Crippen molar-refractivity contribution in [1.29, 1.82) is 0 Å². The van der Waals surface area contributed by atoms with Gasteiger partial charge in [-0.2, -0.15) is 0 Å². The summed E-state index contributed by atoms with van der Waals surface area (Å²) in [5, 5.41) is 2.66. The normalized spacial score (nSPS) is 12.6. The molecule has 0 aliphatic carbocycles. The van der Waals surface area contributed by atoms with Crippen molar-refractivity contribution in [3.05, 3.63) is 107 Å². The SMILES string of the molecule is Cc1[nH]c2ccccc2c1CC(c1ccccc1)c1c(C)[nH]c2ccccc12. The molecule has 28 heavy (non-hydrogen) atoms. The first-order valence-electron chi connectivity index (χ1n) is 9.90. The van der Waals surface area contributed by atoms with Gasteiger partial charge in [-0.25, -0.2) is 0 Å². The van der Waals surface area contributed by atoms with Crippen molar-refractivity contribution in [2.45, 2.75) is 26.2 Å². The average molecular weight is 364 g/mol. The molecule has 1 atom stereocenters. The minimum Gasteiger partial charge on any atom is -0.358 e. The third kappa shape index (κ3) is 2.73. The molecular weight excluding hydrogens is 340 g/mol. The van der Waals surface area contributed by atoms with Crippen molar-refractivity contribution in [2.24, 2.45) is 0 Å². The molecule has 0 aliphatic heterocycles. The molecule has 2 N–H and O–H groups in total. The largest absolute Gasteiger partial charge is 0.358 e. The maximum Gasteiger partial charge on any atom is 0.0459 e. The Balaban J connectivity index is 1.71. The number of H-pyrrole nitrogens is 2. The minimum atomic E-state index is 0.301. The molecule has 0 amide bonds. The van der Waals surface area contributed by atoms with Gasteiger partial charge in [-0.15, -0.1) is 0 Å². The number of aryl methyl sites for hydroxylation is 2. The quantitative estimate of drug-likeness (QED) is 0.358. The Hall–Kier alpha value is -3.26. The van der Waals surface area contributed by atoms with E-state index in [0.717, 1.165) is 6.42 Å². The molecule has 0 spiro atoms. The number of benzene rings is 3. The third-order valence-electron chi connectivity index (χ3n) is 5.93. The summed E-state index contributed by atoms with van der Waals surface area (Å²) >= 11 is 0. The highest BCUT2D eigenvalue weighted by molar-refractivity contribution is 5.87. The Morgan fingerprint density at radius 2 is 1.21 bits per heavy atom. The summed E-state index contributed by atoms with van der Waals surface area (Å²) < 4.78 is 0. The maximum absolute atomic E-state index is 3.60. The summed E-state index contributed by atoms with van der Waals surface area (Å²) in [6.45, 7) is 4.40. The van der Waals surface area contributed by atoms with E-state index in [0.29, 0.717) is 5.92 Å². The first-order chi connectivity index (χ1) is 13.7. The standard InChI is InChI=1S/C26H24N2/c1-17-22(20-12-6-8-14-24(20)27-17)16-23(19-10-4-3-5-11-19)26-18(2)28-25-15-9-7-13-21(25)26/h3-15,23,27-28H,16H2,1-2H3. The van der Waals surface area contributed by atoms with E-state index >= 15 is 0 Å². The van der Waals surface area contributed by atoms with E-state index in [-0.39, 0.29) is 0 Å². The number of rotatable bonds is 4. The monoisotopic (exact) mass is 364 g/mol. The lowest BCUT2D eigenvalue weighted by Gasteiger charge is -2.19. The number of aromatic nitrogens is 2. The van der Waals surface area contributed by atoms with Gasteiger partial charge in [0.05, 0.1) is 0 Å². The van der Waals surface area contributed by atoms with E-state index in [1.807, 2.05) is 0 Å². The first-order valence-corrected chi connectivity index (χ1v) is 9.90. The zero-order chi connectivity index (χ0) is 19.1. The molecule has 3 aromatic carbocycles. The van der Waals surface area contributed by atoms with Crippen LogP contribution in [0.25, 0.3) is 21.8 Å². The van der Waals surface area contributed by atoms with Crippen LogP contribution in [0.15, 0.2) is 78.9 Å². The van der Waals surface area contributed by atoms with Crippen molar-refractivity contribution in [3.8, 4) is 0 Å². The van der Waals surface area contributed by atoms with Gasteiger partial charge in [0.15, 0.2) is 0 Å². The molecule has 5 rings (SSSR count). The van der Waals surface area contributed by atoms with Gasteiger partial charge in [-0.3, -0.25) is 0 Å². The van der Waals surface area contributed by atoms with E-state index in [4.69, 9.17) is 0 Å². The summed E-state index contributed by atoms with van der Waals surface area (Å²) in [4.78, 5) is 7.17. The first kappa shape index (κ1) is 16.9. The fraction of sp³-hybridized carbons (Fsp3) is 0.154. The summed E-state index contributed by atoms with van der Waals surface area (Å²) in [7, 11) is 0. The molecule has 2 heterocycles. The van der Waals surface area contributed by atoms with E-state index in [1.165, 1.54) is 49.9 Å². The molecule has 5 aromatic rings. The van der Waals surface area contributed by atoms with Gasteiger partial charge >= 0.3 is 0 Å². The van der Waals surface area contributed by atoms with Crippen LogP contribution < -0.4 is 0 Å². The number of hydrogen-bond donors (Lipinski definition) is 2. The van der Waals surface area contributed by atoms with Gasteiger partial charge in [-0.05, 0) is 49.1 Å². The van der Waals surface area contributed by atoms with Crippen LogP contribution in [0.3, 0.4) is 0 Å². The molecule has 0 aliphatic rings. The minimum absolute atomic E-state index is 0.301. The smallest absolute Gasteiger partial charge is 0.0459 e. The summed E-state index contributed by atoms with van der Waals surface area (Å²) in [6.07, 6.45) is 0.975. The van der Waals surface area contributed by atoms with Gasteiger partial charge in [-0.1, -0.05) is 66.7 Å². The molecule has 0 radical (unpaired) electrons. The van der Waals surface area contributed by atoms with Crippen LogP contribution in [0, 0.1) is 13.8 Å². The number of fused-ring (bicyclic) bond motifs is 2. The second kappa shape index (κ2) is 6.72. The zero-order valence-electron chi connectivity index (χ0n) is 16.3. The number of para-hydroxylation sites is 2. The molecule has 138 valence electrons. The van der Waals surface area contributed by atoms with Crippen LogP contribution >= 0.6 is 0 Å². The molecule has 0 saturated heterocycles. The lowest BCUT2D eigenvalue weighted by molar-refractivity contribution is 0.803. The molecule has 2 nitrogen and oxygen atoms in total. The topological polar surface area (TPSA) is 31.6 Å². The molecule has 2 heteroatoms. The fourth-order valence-electron chi connectivity index (χ4n) is 4.62.